The molecule has 3 aromatic rings. The van der Waals surface area contributed by atoms with Gasteiger partial charge in [-0.2, -0.15) is 18.4 Å². The average molecular weight is 518 g/mol. The van der Waals surface area contributed by atoms with Crippen molar-refractivity contribution in [2.45, 2.75) is 22.9 Å². The molecule has 35 heavy (non-hydrogen) atoms. The Morgan fingerprint density at radius 2 is 1.83 bits per heavy atom. The van der Waals surface area contributed by atoms with Gasteiger partial charge < -0.3 is 5.32 Å². The molecular weight excluding hydrogens is 503 g/mol. The van der Waals surface area contributed by atoms with E-state index in [0.717, 1.165) is 28.7 Å². The topological polar surface area (TPSA) is 96.0 Å². The number of nitro benzene ring substituents is 1. The molecule has 0 aliphatic rings. The molecule has 0 saturated heterocycles. The molecule has 0 spiro atoms. The van der Waals surface area contributed by atoms with E-state index in [1.807, 2.05) is 31.2 Å². The van der Waals surface area contributed by atoms with Crippen LogP contribution in [0.5, 0.6) is 0 Å². The van der Waals surface area contributed by atoms with Crippen LogP contribution < -0.4 is 5.32 Å². The standard InChI is InChI=1S/C24H15ClF3N3O3S/c1-14-2-6-18(7-3-14)35-22-9-4-15(11-21(22)31(33)34)10-16(13-29)23(32)30-20-12-17(24(26,27)28)5-8-19(20)25/h2-12H,1H3,(H,30,32)/b16-10+. The molecular formula is C24H15ClF3N3O3S. The molecule has 0 aliphatic heterocycles. The van der Waals surface area contributed by atoms with Gasteiger partial charge in [-0.25, -0.2) is 0 Å². The van der Waals surface area contributed by atoms with E-state index in [4.69, 9.17) is 11.6 Å². The van der Waals surface area contributed by atoms with Gasteiger partial charge >= 0.3 is 6.18 Å². The molecule has 0 aliphatic carbocycles. The molecule has 11 heteroatoms. The number of hydrogen-bond acceptors (Lipinski definition) is 5. The molecule has 6 nitrogen and oxygen atoms in total. The van der Waals surface area contributed by atoms with Crippen molar-refractivity contribution in [3.63, 3.8) is 0 Å². The van der Waals surface area contributed by atoms with E-state index in [-0.39, 0.29) is 22.0 Å². The Morgan fingerprint density at radius 3 is 2.43 bits per heavy atom. The summed E-state index contributed by atoms with van der Waals surface area (Å²) in [6.07, 6.45) is -3.56. The summed E-state index contributed by atoms with van der Waals surface area (Å²) in [6.45, 7) is 1.92. The summed E-state index contributed by atoms with van der Waals surface area (Å²) in [7, 11) is 0. The van der Waals surface area contributed by atoms with E-state index in [1.54, 1.807) is 6.07 Å². The molecule has 0 unspecified atom stereocenters. The van der Waals surface area contributed by atoms with Crippen LogP contribution >= 0.6 is 23.4 Å². The molecule has 0 bridgehead atoms. The maximum absolute atomic E-state index is 13.0. The van der Waals surface area contributed by atoms with Gasteiger partial charge in [0.25, 0.3) is 11.6 Å². The molecule has 0 aromatic heterocycles. The minimum absolute atomic E-state index is 0.156. The van der Waals surface area contributed by atoms with Gasteiger partial charge in [0.1, 0.15) is 11.6 Å². The van der Waals surface area contributed by atoms with Gasteiger partial charge in [-0.05, 0) is 55.0 Å². The van der Waals surface area contributed by atoms with Crippen LogP contribution in [0.1, 0.15) is 16.7 Å². The Balaban J connectivity index is 1.88. The summed E-state index contributed by atoms with van der Waals surface area (Å²) < 4.78 is 38.9. The Morgan fingerprint density at radius 1 is 1.14 bits per heavy atom. The highest BCUT2D eigenvalue weighted by Gasteiger charge is 2.31. The van der Waals surface area contributed by atoms with Crippen LogP contribution in [0.25, 0.3) is 6.08 Å². The molecule has 0 heterocycles. The number of carbonyl (C=O) groups is 1. The summed E-state index contributed by atoms with van der Waals surface area (Å²) in [4.78, 5) is 24.7. The fourth-order valence-corrected chi connectivity index (χ4v) is 3.95. The van der Waals surface area contributed by atoms with Gasteiger partial charge in [0.15, 0.2) is 0 Å². The second-order valence-electron chi connectivity index (χ2n) is 7.22. The largest absolute Gasteiger partial charge is 0.416 e. The lowest BCUT2D eigenvalue weighted by molar-refractivity contribution is -0.387. The fraction of sp³-hybridized carbons (Fsp3) is 0.0833. The molecule has 178 valence electrons. The molecule has 1 amide bonds. The van der Waals surface area contributed by atoms with Crippen molar-refractivity contribution in [3.05, 3.63) is 98.1 Å². The first-order valence-electron chi connectivity index (χ1n) is 9.81. The van der Waals surface area contributed by atoms with Crippen molar-refractivity contribution >= 4 is 46.7 Å². The third kappa shape index (κ3) is 6.62. The minimum Gasteiger partial charge on any atom is -0.320 e. The average Bonchev–Trinajstić information content (AvgIpc) is 2.80. The second kappa shape index (κ2) is 10.6. The zero-order valence-corrected chi connectivity index (χ0v) is 19.5. The third-order valence-electron chi connectivity index (χ3n) is 4.65. The number of alkyl halides is 3. The van der Waals surface area contributed by atoms with Crippen molar-refractivity contribution in [2.75, 3.05) is 5.32 Å². The van der Waals surface area contributed by atoms with E-state index in [9.17, 15) is 33.3 Å². The first kappa shape index (κ1) is 25.8. The van der Waals surface area contributed by atoms with Crippen LogP contribution in [0.4, 0.5) is 24.5 Å². The van der Waals surface area contributed by atoms with Crippen molar-refractivity contribution in [1.29, 1.82) is 5.26 Å². The number of nitriles is 1. The number of rotatable bonds is 6. The quantitative estimate of drug-likeness (QED) is 0.160. The van der Waals surface area contributed by atoms with Crippen molar-refractivity contribution < 1.29 is 22.9 Å². The molecule has 3 aromatic carbocycles. The van der Waals surface area contributed by atoms with E-state index in [1.165, 1.54) is 30.0 Å². The lowest BCUT2D eigenvalue weighted by atomic mass is 10.1. The number of aryl methyl sites for hydroxylation is 1. The molecule has 0 saturated carbocycles. The summed E-state index contributed by atoms with van der Waals surface area (Å²) >= 11 is 7.07. The molecule has 1 N–H and O–H groups in total. The number of nitro groups is 1. The molecule has 0 radical (unpaired) electrons. The van der Waals surface area contributed by atoms with Crippen molar-refractivity contribution in [1.82, 2.24) is 0 Å². The number of benzene rings is 3. The minimum atomic E-state index is -4.66. The van der Waals surface area contributed by atoms with Crippen LogP contribution in [0.3, 0.4) is 0 Å². The predicted octanol–water partition coefficient (Wildman–Crippen LogP) is 7.27. The van der Waals surface area contributed by atoms with Crippen LogP contribution in [0, 0.1) is 28.4 Å². The number of hydrogen-bond donors (Lipinski definition) is 1. The molecule has 0 fully saturated rings. The van der Waals surface area contributed by atoms with Gasteiger partial charge in [-0.15, -0.1) is 0 Å². The Labute approximate surface area is 207 Å². The Kier molecular flexibility index (Phi) is 7.84. The normalized spacial score (nSPS) is 11.6. The summed E-state index contributed by atoms with van der Waals surface area (Å²) in [6, 6.07) is 15.6. The zero-order valence-electron chi connectivity index (χ0n) is 17.9. The fourth-order valence-electron chi connectivity index (χ4n) is 2.89. The Hall–Kier alpha value is -3.81. The number of amides is 1. The van der Waals surface area contributed by atoms with Gasteiger partial charge in [-0.1, -0.05) is 47.1 Å². The highest BCUT2D eigenvalue weighted by molar-refractivity contribution is 7.99. The smallest absolute Gasteiger partial charge is 0.320 e. The van der Waals surface area contributed by atoms with Gasteiger partial charge in [-0.3, -0.25) is 14.9 Å². The van der Waals surface area contributed by atoms with Crippen LogP contribution in [0.2, 0.25) is 5.02 Å². The number of nitrogens with zero attached hydrogens (tertiary/aromatic N) is 2. The van der Waals surface area contributed by atoms with E-state index in [0.29, 0.717) is 11.0 Å². The first-order chi connectivity index (χ1) is 16.5. The van der Waals surface area contributed by atoms with Crippen LogP contribution in [-0.2, 0) is 11.0 Å². The Bertz CT molecular complexity index is 1370. The zero-order chi connectivity index (χ0) is 25.8. The van der Waals surface area contributed by atoms with Gasteiger partial charge in [0.05, 0.1) is 26.1 Å². The van der Waals surface area contributed by atoms with Crippen molar-refractivity contribution in [3.8, 4) is 6.07 Å². The monoisotopic (exact) mass is 517 g/mol. The predicted molar refractivity (Wildman–Crippen MR) is 127 cm³/mol. The van der Waals surface area contributed by atoms with E-state index >= 15 is 0 Å². The number of anilines is 1. The van der Waals surface area contributed by atoms with E-state index in [2.05, 4.69) is 5.32 Å². The van der Waals surface area contributed by atoms with Crippen LogP contribution in [0.15, 0.2) is 76.0 Å². The SMILES string of the molecule is Cc1ccc(Sc2ccc(/C=C(\C#N)C(=O)Nc3cc(C(F)(F)F)ccc3Cl)cc2[N+](=O)[O-])cc1. The maximum atomic E-state index is 13.0. The highest BCUT2D eigenvalue weighted by Crippen LogP contribution is 2.36. The summed E-state index contributed by atoms with van der Waals surface area (Å²) in [5.74, 6) is -1.02. The van der Waals surface area contributed by atoms with Crippen molar-refractivity contribution in [2.24, 2.45) is 0 Å². The molecule has 3 rings (SSSR count). The third-order valence-corrected chi connectivity index (χ3v) is 6.05. The maximum Gasteiger partial charge on any atom is 0.416 e. The first-order valence-corrected chi connectivity index (χ1v) is 11.0. The number of halogens is 4. The summed E-state index contributed by atoms with van der Waals surface area (Å²) in [5, 5.41) is 23.1. The van der Waals surface area contributed by atoms with Gasteiger partial charge in [0.2, 0.25) is 0 Å². The lowest BCUT2D eigenvalue weighted by Gasteiger charge is -2.11. The highest BCUT2D eigenvalue weighted by atomic mass is 35.5. The second-order valence-corrected chi connectivity index (χ2v) is 8.74. The van der Waals surface area contributed by atoms with E-state index < -0.39 is 28.1 Å². The number of nitrogens with one attached hydrogen (secondary N) is 1. The van der Waals surface area contributed by atoms with Crippen LogP contribution in [-0.4, -0.2) is 10.8 Å². The number of carbonyl (C=O) groups excluding carboxylic acids is 1. The summed E-state index contributed by atoms with van der Waals surface area (Å²) in [5.41, 5.74) is -0.847. The van der Waals surface area contributed by atoms with Gasteiger partial charge in [0, 0.05) is 11.0 Å². The lowest BCUT2D eigenvalue weighted by Crippen LogP contribution is -2.15. The molecule has 0 atom stereocenters.